The third-order valence-corrected chi connectivity index (χ3v) is 2.00. The molecule has 0 unspecified atom stereocenters. The van der Waals surface area contributed by atoms with Gasteiger partial charge in [-0.25, -0.2) is 0 Å². The number of nitrogens with one attached hydrogen (secondary N) is 1. The van der Waals surface area contributed by atoms with E-state index in [9.17, 15) is 0 Å². The van der Waals surface area contributed by atoms with Crippen molar-refractivity contribution < 1.29 is 51.4 Å². The molecule has 1 rings (SSSR count). The van der Waals surface area contributed by atoms with E-state index in [2.05, 4.69) is 23.7 Å². The monoisotopic (exact) mass is 206 g/mol. The predicted molar refractivity (Wildman–Crippen MR) is 53.0 cm³/mol. The minimum absolute atomic E-state index is 0. The zero-order valence-corrected chi connectivity index (χ0v) is 12.1. The molecule has 1 aromatic rings. The van der Waals surface area contributed by atoms with Gasteiger partial charge < -0.3 is 12.7 Å². The Kier molecular flexibility index (Phi) is 11.1. The Labute approximate surface area is 122 Å². The molecule has 0 aliphatic rings. The van der Waals surface area contributed by atoms with Crippen LogP contribution in [0.3, 0.4) is 0 Å². The second-order valence-electron chi connectivity index (χ2n) is 1.89. The van der Waals surface area contributed by atoms with Crippen LogP contribution in [0.15, 0.2) is 23.1 Å². The summed E-state index contributed by atoms with van der Waals surface area (Å²) in [6.45, 7) is 0. The van der Waals surface area contributed by atoms with E-state index in [0.29, 0.717) is 0 Å². The summed E-state index contributed by atoms with van der Waals surface area (Å²) in [6, 6.07) is 9.12. The summed E-state index contributed by atoms with van der Waals surface area (Å²) in [7, 11) is 1.90. The Balaban J connectivity index is 0. The summed E-state index contributed by atoms with van der Waals surface area (Å²) in [5.41, 5.74) is 1.05. The van der Waals surface area contributed by atoms with Crippen LogP contribution >= 0.6 is 11.8 Å². The molecule has 1 aromatic carbocycles. The predicted octanol–water partition coefficient (Wildman–Crippen LogP) is -0.295. The van der Waals surface area contributed by atoms with Gasteiger partial charge in [-0.15, -0.1) is 11.0 Å². The fourth-order valence-electron chi connectivity index (χ4n) is 0.717. The molecule has 0 radical (unpaired) electrons. The van der Waals surface area contributed by atoms with Crippen LogP contribution in [0.2, 0.25) is 0 Å². The van der Waals surface area contributed by atoms with E-state index in [-0.39, 0.29) is 58.8 Å². The molecule has 0 atom stereocenters. The summed E-state index contributed by atoms with van der Waals surface area (Å²) in [4.78, 5) is 1.27. The molecule has 0 bridgehead atoms. The maximum Gasteiger partial charge on any atom is 1.00 e. The Morgan fingerprint density at radius 1 is 1.50 bits per heavy atom. The van der Waals surface area contributed by atoms with Crippen molar-refractivity contribution in [1.82, 2.24) is 0 Å². The Morgan fingerprint density at radius 3 is 2.67 bits per heavy atom. The van der Waals surface area contributed by atoms with Gasteiger partial charge in [0.15, 0.2) is 0 Å². The van der Waals surface area contributed by atoms with Gasteiger partial charge in [0, 0.05) is 7.05 Å². The van der Waals surface area contributed by atoms with Gasteiger partial charge in [0.05, 0.1) is 0 Å². The molecule has 62 valence electrons. The second-order valence-corrected chi connectivity index (χ2v) is 2.77. The molecule has 3 heteroatoms. The van der Waals surface area contributed by atoms with Crippen molar-refractivity contribution >= 4 is 17.4 Å². The molecule has 1 N–H and O–H groups in total. The molecular formula is C9H13KNS-. The van der Waals surface area contributed by atoms with Crippen LogP contribution in [-0.2, 0) is 0 Å². The van der Waals surface area contributed by atoms with Crippen molar-refractivity contribution in [2.45, 2.75) is 4.90 Å². The van der Waals surface area contributed by atoms with Gasteiger partial charge in [-0.3, -0.25) is 0 Å². The van der Waals surface area contributed by atoms with E-state index < -0.39 is 0 Å². The molecule has 1 nitrogen and oxygen atoms in total. The van der Waals surface area contributed by atoms with Crippen molar-refractivity contribution in [2.75, 3.05) is 18.6 Å². The summed E-state index contributed by atoms with van der Waals surface area (Å²) in [5.74, 6) is 0. The Hall–Kier alpha value is 1.01. The number of hydrogen-bond acceptors (Lipinski definition) is 2. The van der Waals surface area contributed by atoms with Crippen LogP contribution in [0.5, 0.6) is 0 Å². The van der Waals surface area contributed by atoms with Gasteiger partial charge in [0.25, 0.3) is 0 Å². The van der Waals surface area contributed by atoms with E-state index in [1.54, 1.807) is 11.8 Å². The van der Waals surface area contributed by atoms with E-state index in [1.807, 2.05) is 19.2 Å². The van der Waals surface area contributed by atoms with Gasteiger partial charge in [0.2, 0.25) is 0 Å². The van der Waals surface area contributed by atoms with Crippen LogP contribution in [0, 0.1) is 13.5 Å². The van der Waals surface area contributed by atoms with Crippen molar-refractivity contribution in [3.63, 3.8) is 0 Å². The maximum atomic E-state index is 3.07. The van der Waals surface area contributed by atoms with E-state index in [0.717, 1.165) is 5.69 Å². The molecule has 0 aliphatic carbocycles. The topological polar surface area (TPSA) is 12.0 Å². The number of benzene rings is 1. The van der Waals surface area contributed by atoms with Gasteiger partial charge in [-0.05, 0) is 6.26 Å². The Morgan fingerprint density at radius 2 is 2.17 bits per heavy atom. The Bertz CT molecular complexity index is 196. The van der Waals surface area contributed by atoms with Crippen LogP contribution < -0.4 is 56.7 Å². The number of hydrogen-bond donors (Lipinski definition) is 1. The second kappa shape index (κ2) is 8.60. The minimum atomic E-state index is 0. The first-order valence-electron chi connectivity index (χ1n) is 3.10. The van der Waals surface area contributed by atoms with Crippen LogP contribution in [0.1, 0.15) is 0 Å². The SMILES string of the molecule is CNc1[c-]ccc(SC)c1.[CH3-].[K+]. The molecule has 0 saturated carbocycles. The summed E-state index contributed by atoms with van der Waals surface area (Å²) in [6.07, 6.45) is 2.06. The normalized spacial score (nSPS) is 7.83. The van der Waals surface area contributed by atoms with Gasteiger partial charge in [0.1, 0.15) is 0 Å². The first-order valence-corrected chi connectivity index (χ1v) is 4.33. The number of thioether (sulfide) groups is 1. The van der Waals surface area contributed by atoms with Crippen molar-refractivity contribution in [3.05, 3.63) is 31.7 Å². The molecule has 12 heavy (non-hydrogen) atoms. The van der Waals surface area contributed by atoms with Gasteiger partial charge in [-0.1, -0.05) is 5.69 Å². The standard InChI is InChI=1S/C8H10NS.CH3.K/c1-9-7-4-3-5-8(6-7)10-2;;/h3,5-6,9H,1-2H3;1H3;/q2*-1;+1. The molecule has 0 amide bonds. The zero-order valence-electron chi connectivity index (χ0n) is 8.14. The largest absolute Gasteiger partial charge is 1.00 e. The van der Waals surface area contributed by atoms with Gasteiger partial charge in [-0.2, -0.15) is 30.0 Å². The first kappa shape index (κ1) is 15.5. The van der Waals surface area contributed by atoms with Crippen LogP contribution in [0.4, 0.5) is 5.69 Å². The smallest absolute Gasteiger partial charge is 0.410 e. The molecule has 0 heterocycles. The number of rotatable bonds is 2. The molecule has 0 fully saturated rings. The summed E-state index contributed by atoms with van der Waals surface area (Å²) in [5, 5.41) is 3.03. The van der Waals surface area contributed by atoms with Crippen molar-refractivity contribution in [3.8, 4) is 0 Å². The third kappa shape index (κ3) is 4.89. The number of anilines is 1. The molecular weight excluding hydrogens is 193 g/mol. The van der Waals surface area contributed by atoms with Gasteiger partial charge >= 0.3 is 51.4 Å². The molecule has 0 spiro atoms. The average molecular weight is 206 g/mol. The van der Waals surface area contributed by atoms with Crippen molar-refractivity contribution in [2.24, 2.45) is 0 Å². The van der Waals surface area contributed by atoms with Crippen molar-refractivity contribution in [1.29, 1.82) is 0 Å². The summed E-state index contributed by atoms with van der Waals surface area (Å²) < 4.78 is 0. The quantitative estimate of drug-likeness (QED) is 0.405. The first-order chi connectivity index (χ1) is 4.86. The van der Waals surface area contributed by atoms with Crippen LogP contribution in [-0.4, -0.2) is 13.3 Å². The van der Waals surface area contributed by atoms with E-state index >= 15 is 0 Å². The van der Waals surface area contributed by atoms with Crippen LogP contribution in [0.25, 0.3) is 0 Å². The fourth-order valence-corrected chi connectivity index (χ4v) is 1.16. The maximum absolute atomic E-state index is 3.07. The summed E-state index contributed by atoms with van der Waals surface area (Å²) >= 11 is 1.74. The average Bonchev–Trinajstić information content (AvgIpc) is 2.05. The molecule has 0 aromatic heterocycles. The minimum Gasteiger partial charge on any atom is -0.410 e. The fraction of sp³-hybridized carbons (Fsp3) is 0.222. The van der Waals surface area contributed by atoms with E-state index in [4.69, 9.17) is 0 Å². The zero-order chi connectivity index (χ0) is 7.40. The van der Waals surface area contributed by atoms with E-state index in [1.165, 1.54) is 4.90 Å². The third-order valence-electron chi connectivity index (χ3n) is 1.28. The molecule has 0 saturated heterocycles. The molecule has 0 aliphatic heterocycles.